The first-order valence-corrected chi connectivity index (χ1v) is 9.06. The third kappa shape index (κ3) is 2.98. The highest BCUT2D eigenvalue weighted by Gasteiger charge is 2.21. The fourth-order valence-corrected chi connectivity index (χ4v) is 4.03. The second kappa shape index (κ2) is 6.61. The topological polar surface area (TPSA) is 47.2 Å². The number of thiophene rings is 1. The highest BCUT2D eigenvalue weighted by molar-refractivity contribution is 7.16. The van der Waals surface area contributed by atoms with Gasteiger partial charge in [-0.25, -0.2) is 0 Å². The van der Waals surface area contributed by atoms with Crippen LogP contribution in [0.3, 0.4) is 0 Å². The Balaban J connectivity index is 1.69. The third-order valence-electron chi connectivity index (χ3n) is 4.35. The molecule has 1 atom stereocenters. The minimum Gasteiger partial charge on any atom is -0.467 e. The molecule has 0 saturated carbocycles. The molecule has 0 saturated heterocycles. The summed E-state index contributed by atoms with van der Waals surface area (Å²) in [5.74, 6) is 0.645. The largest absolute Gasteiger partial charge is 0.467 e. The molecule has 1 N–H and O–H groups in total. The summed E-state index contributed by atoms with van der Waals surface area (Å²) >= 11 is 1.66. The van der Waals surface area contributed by atoms with Crippen molar-refractivity contribution >= 4 is 27.5 Å². The van der Waals surface area contributed by atoms with Crippen molar-refractivity contribution in [3.63, 3.8) is 0 Å². The molecule has 0 radical (unpaired) electrons. The molecule has 4 aromatic rings. The summed E-state index contributed by atoms with van der Waals surface area (Å²) in [5, 5.41) is 6.10. The predicted octanol–water partition coefficient (Wildman–Crippen LogP) is 4.84. The first kappa shape index (κ1) is 15.7. The van der Waals surface area contributed by atoms with E-state index in [-0.39, 0.29) is 11.9 Å². The molecule has 0 aliphatic heterocycles. The Kier molecular flexibility index (Phi) is 4.15. The molecule has 4 nitrogen and oxygen atoms in total. The number of hydrogen-bond donors (Lipinski definition) is 1. The van der Waals surface area contributed by atoms with Crippen molar-refractivity contribution in [3.05, 3.63) is 83.3 Å². The summed E-state index contributed by atoms with van der Waals surface area (Å²) in [6.07, 6.45) is 1.61. The standard InChI is InChI=1S/C20H18N2O2S/c1-14(15-6-3-2-4-7-15)22-18(12-16-9-11-25-20(16)22)19(23)21-13-17-8-5-10-24-17/h2-12,14H,13H2,1H3,(H,21,23)/t14-/m0/s1. The summed E-state index contributed by atoms with van der Waals surface area (Å²) in [7, 11) is 0. The van der Waals surface area contributed by atoms with Gasteiger partial charge in [0.1, 0.15) is 16.3 Å². The Morgan fingerprint density at radius 3 is 2.80 bits per heavy atom. The van der Waals surface area contributed by atoms with Crippen molar-refractivity contribution in [1.29, 1.82) is 0 Å². The number of nitrogens with zero attached hydrogens (tertiary/aromatic N) is 1. The first-order valence-electron chi connectivity index (χ1n) is 8.18. The summed E-state index contributed by atoms with van der Waals surface area (Å²) in [5.41, 5.74) is 1.85. The molecule has 5 heteroatoms. The third-order valence-corrected chi connectivity index (χ3v) is 5.28. The number of amides is 1. The number of hydrogen-bond acceptors (Lipinski definition) is 3. The van der Waals surface area contributed by atoms with Crippen molar-refractivity contribution in [3.8, 4) is 0 Å². The molecule has 0 spiro atoms. The van der Waals surface area contributed by atoms with Gasteiger partial charge in [-0.1, -0.05) is 30.3 Å². The van der Waals surface area contributed by atoms with E-state index in [0.717, 1.165) is 16.0 Å². The zero-order valence-electron chi connectivity index (χ0n) is 13.8. The van der Waals surface area contributed by atoms with E-state index in [9.17, 15) is 4.79 Å². The van der Waals surface area contributed by atoms with Gasteiger partial charge < -0.3 is 14.3 Å². The van der Waals surface area contributed by atoms with E-state index >= 15 is 0 Å². The van der Waals surface area contributed by atoms with Crippen LogP contribution in [0, 0.1) is 0 Å². The van der Waals surface area contributed by atoms with E-state index in [4.69, 9.17) is 4.42 Å². The van der Waals surface area contributed by atoms with Crippen LogP contribution in [0.15, 0.2) is 70.7 Å². The lowest BCUT2D eigenvalue weighted by molar-refractivity contribution is 0.0938. The van der Waals surface area contributed by atoms with Gasteiger partial charge in [-0.05, 0) is 42.1 Å². The molecule has 3 aromatic heterocycles. The number of aromatic nitrogens is 1. The number of nitrogens with one attached hydrogen (secondary N) is 1. The molecule has 25 heavy (non-hydrogen) atoms. The average Bonchev–Trinajstić information content (AvgIpc) is 3.36. The van der Waals surface area contributed by atoms with Gasteiger partial charge >= 0.3 is 0 Å². The van der Waals surface area contributed by atoms with Crippen molar-refractivity contribution in [2.24, 2.45) is 0 Å². The second-order valence-corrected chi connectivity index (χ2v) is 6.82. The zero-order chi connectivity index (χ0) is 17.2. The maximum Gasteiger partial charge on any atom is 0.268 e. The normalized spacial score (nSPS) is 12.4. The van der Waals surface area contributed by atoms with Crippen LogP contribution in [0.1, 0.15) is 34.8 Å². The lowest BCUT2D eigenvalue weighted by Gasteiger charge is -2.18. The van der Waals surface area contributed by atoms with Gasteiger partial charge in [-0.15, -0.1) is 11.3 Å². The second-order valence-electron chi connectivity index (χ2n) is 5.93. The van der Waals surface area contributed by atoms with E-state index in [0.29, 0.717) is 12.2 Å². The van der Waals surface area contributed by atoms with Gasteiger partial charge in [0.2, 0.25) is 0 Å². The molecule has 0 fully saturated rings. The van der Waals surface area contributed by atoms with Crippen LogP contribution in [0.5, 0.6) is 0 Å². The van der Waals surface area contributed by atoms with Crippen LogP contribution >= 0.6 is 11.3 Å². The highest BCUT2D eigenvalue weighted by atomic mass is 32.1. The van der Waals surface area contributed by atoms with Crippen LogP contribution in [0.2, 0.25) is 0 Å². The van der Waals surface area contributed by atoms with Crippen LogP contribution in [0.25, 0.3) is 10.2 Å². The summed E-state index contributed by atoms with van der Waals surface area (Å²) in [6.45, 7) is 2.50. The molecule has 0 unspecified atom stereocenters. The maximum atomic E-state index is 12.8. The minimum absolute atomic E-state index is 0.0710. The molecule has 3 heterocycles. The number of furan rings is 1. The maximum absolute atomic E-state index is 12.8. The molecule has 4 rings (SSSR count). The molecule has 1 amide bonds. The number of carbonyl (C=O) groups is 1. The number of rotatable bonds is 5. The number of fused-ring (bicyclic) bond motifs is 1. The number of carbonyl (C=O) groups excluding carboxylic acids is 1. The Hall–Kier alpha value is -2.79. The molecule has 0 aliphatic carbocycles. The average molecular weight is 350 g/mol. The molecule has 0 aliphatic rings. The Labute approximate surface area is 149 Å². The quantitative estimate of drug-likeness (QED) is 0.560. The van der Waals surface area contributed by atoms with Crippen LogP contribution in [-0.2, 0) is 6.54 Å². The molecular formula is C20H18N2O2S. The van der Waals surface area contributed by atoms with Gasteiger partial charge in [0.15, 0.2) is 0 Å². The van der Waals surface area contributed by atoms with E-state index in [1.54, 1.807) is 17.6 Å². The van der Waals surface area contributed by atoms with Crippen molar-refractivity contribution in [2.45, 2.75) is 19.5 Å². The molecule has 1 aromatic carbocycles. The van der Waals surface area contributed by atoms with Crippen molar-refractivity contribution in [2.75, 3.05) is 0 Å². The van der Waals surface area contributed by atoms with E-state index in [2.05, 4.69) is 40.4 Å². The lowest BCUT2D eigenvalue weighted by Crippen LogP contribution is -2.26. The molecule has 126 valence electrons. The highest BCUT2D eigenvalue weighted by Crippen LogP contribution is 2.31. The van der Waals surface area contributed by atoms with Crippen molar-refractivity contribution < 1.29 is 9.21 Å². The zero-order valence-corrected chi connectivity index (χ0v) is 14.6. The Bertz CT molecular complexity index is 983. The van der Waals surface area contributed by atoms with E-state index < -0.39 is 0 Å². The first-order chi connectivity index (χ1) is 12.2. The fraction of sp³-hybridized carbons (Fsp3) is 0.150. The monoisotopic (exact) mass is 350 g/mol. The molecule has 0 bridgehead atoms. The summed E-state index contributed by atoms with van der Waals surface area (Å²) in [4.78, 5) is 13.9. The summed E-state index contributed by atoms with van der Waals surface area (Å²) in [6, 6.07) is 18.0. The Morgan fingerprint density at radius 1 is 1.20 bits per heavy atom. The van der Waals surface area contributed by atoms with Gasteiger partial charge in [-0.3, -0.25) is 4.79 Å². The molecular weight excluding hydrogens is 332 g/mol. The smallest absolute Gasteiger partial charge is 0.268 e. The lowest BCUT2D eigenvalue weighted by atomic mass is 10.1. The SMILES string of the molecule is C[C@@H](c1ccccc1)n1c(C(=O)NCc2ccco2)cc2ccsc21. The summed E-state index contributed by atoms with van der Waals surface area (Å²) < 4.78 is 7.41. The van der Waals surface area contributed by atoms with Gasteiger partial charge in [-0.2, -0.15) is 0 Å². The van der Waals surface area contributed by atoms with E-state index in [1.807, 2.05) is 36.4 Å². The van der Waals surface area contributed by atoms with Crippen LogP contribution in [0.4, 0.5) is 0 Å². The predicted molar refractivity (Wildman–Crippen MR) is 99.9 cm³/mol. The Morgan fingerprint density at radius 2 is 2.04 bits per heavy atom. The fourth-order valence-electron chi connectivity index (χ4n) is 3.05. The van der Waals surface area contributed by atoms with Gasteiger partial charge in [0.25, 0.3) is 5.91 Å². The van der Waals surface area contributed by atoms with Crippen LogP contribution < -0.4 is 5.32 Å². The number of benzene rings is 1. The van der Waals surface area contributed by atoms with Gasteiger partial charge in [0, 0.05) is 5.39 Å². The van der Waals surface area contributed by atoms with E-state index in [1.165, 1.54) is 5.56 Å². The van der Waals surface area contributed by atoms with Crippen LogP contribution in [-0.4, -0.2) is 10.5 Å². The minimum atomic E-state index is -0.0948. The van der Waals surface area contributed by atoms with Gasteiger partial charge in [0.05, 0.1) is 18.8 Å². The van der Waals surface area contributed by atoms with Crippen molar-refractivity contribution in [1.82, 2.24) is 9.88 Å².